The second-order valence-electron chi connectivity index (χ2n) is 5.38. The lowest BCUT2D eigenvalue weighted by Gasteiger charge is -2.09. The van der Waals surface area contributed by atoms with Crippen molar-refractivity contribution in [2.24, 2.45) is 4.40 Å². The standard InChI is InChI=1S/C17H17FN2O4S/c1-12-2-8-15(9-3-12)25(23,24)20-16(19-11-17(21)22)10-13-4-6-14(18)7-5-13/h2-9H,10-11H2,1H3,(H,19,20)(H,21,22). The van der Waals surface area contributed by atoms with Gasteiger partial charge in [0.1, 0.15) is 18.2 Å². The van der Waals surface area contributed by atoms with Crippen LogP contribution in [0.2, 0.25) is 0 Å². The first kappa shape index (κ1) is 18.6. The third kappa shape index (κ3) is 5.68. The molecule has 0 fully saturated rings. The molecule has 132 valence electrons. The third-order valence-corrected chi connectivity index (χ3v) is 4.61. The maximum Gasteiger partial charge on any atom is 0.322 e. The average molecular weight is 364 g/mol. The molecule has 0 atom stereocenters. The summed E-state index contributed by atoms with van der Waals surface area (Å²) in [6, 6.07) is 11.6. The Kier molecular flexibility index (Phi) is 5.87. The number of nitrogens with zero attached hydrogens (tertiary/aromatic N) is 1. The molecule has 0 aliphatic carbocycles. The lowest BCUT2D eigenvalue weighted by atomic mass is 10.1. The Morgan fingerprint density at radius 3 is 2.28 bits per heavy atom. The van der Waals surface area contributed by atoms with Crippen LogP contribution in [0.3, 0.4) is 0 Å². The maximum atomic E-state index is 13.0. The molecule has 0 bridgehead atoms. The summed E-state index contributed by atoms with van der Waals surface area (Å²) in [7, 11) is -3.99. The molecule has 25 heavy (non-hydrogen) atoms. The Morgan fingerprint density at radius 2 is 1.72 bits per heavy atom. The van der Waals surface area contributed by atoms with Crippen LogP contribution in [0.1, 0.15) is 11.1 Å². The number of nitrogens with one attached hydrogen (secondary N) is 1. The molecule has 0 radical (unpaired) electrons. The number of aryl methyl sites for hydroxylation is 1. The lowest BCUT2D eigenvalue weighted by molar-refractivity contribution is -0.135. The van der Waals surface area contributed by atoms with Crippen LogP contribution in [0.4, 0.5) is 4.39 Å². The number of carbonyl (C=O) groups is 1. The van der Waals surface area contributed by atoms with Gasteiger partial charge in [0, 0.05) is 6.42 Å². The first-order chi connectivity index (χ1) is 11.8. The normalized spacial score (nSPS) is 12.0. The Hall–Kier alpha value is -2.74. The molecule has 2 aromatic carbocycles. The summed E-state index contributed by atoms with van der Waals surface area (Å²) in [6.45, 7) is 1.34. The van der Waals surface area contributed by atoms with Crippen molar-refractivity contribution >= 4 is 21.8 Å². The Balaban J connectivity index is 2.32. The molecule has 0 aromatic heterocycles. The van der Waals surface area contributed by atoms with Crippen molar-refractivity contribution in [3.05, 3.63) is 65.5 Å². The van der Waals surface area contributed by atoms with Crippen LogP contribution in [0.15, 0.2) is 57.8 Å². The van der Waals surface area contributed by atoms with E-state index in [0.29, 0.717) is 5.56 Å². The fourth-order valence-corrected chi connectivity index (χ4v) is 3.01. The number of halogens is 1. The zero-order valence-electron chi connectivity index (χ0n) is 13.4. The van der Waals surface area contributed by atoms with Crippen molar-refractivity contribution in [2.45, 2.75) is 18.2 Å². The van der Waals surface area contributed by atoms with Crippen LogP contribution in [0, 0.1) is 12.7 Å². The average Bonchev–Trinajstić information content (AvgIpc) is 2.55. The Bertz CT molecular complexity index is 876. The zero-order chi connectivity index (χ0) is 18.4. The molecule has 0 unspecified atom stereocenters. The quantitative estimate of drug-likeness (QED) is 0.605. The summed E-state index contributed by atoms with van der Waals surface area (Å²) in [5.74, 6) is -1.61. The van der Waals surface area contributed by atoms with Crippen LogP contribution in [0.5, 0.6) is 0 Å². The number of benzene rings is 2. The highest BCUT2D eigenvalue weighted by Gasteiger charge is 2.15. The minimum Gasteiger partial charge on any atom is -0.480 e. The van der Waals surface area contributed by atoms with Crippen molar-refractivity contribution in [3.63, 3.8) is 0 Å². The highest BCUT2D eigenvalue weighted by molar-refractivity contribution is 7.90. The number of amidine groups is 1. The first-order valence-corrected chi connectivity index (χ1v) is 8.81. The predicted molar refractivity (Wildman–Crippen MR) is 91.5 cm³/mol. The van der Waals surface area contributed by atoms with Gasteiger partial charge in [-0.15, -0.1) is 4.40 Å². The molecule has 0 aliphatic rings. The lowest BCUT2D eigenvalue weighted by Crippen LogP contribution is -2.31. The van der Waals surface area contributed by atoms with E-state index in [1.165, 1.54) is 36.4 Å². The van der Waals surface area contributed by atoms with Gasteiger partial charge in [-0.1, -0.05) is 29.8 Å². The molecule has 0 spiro atoms. The van der Waals surface area contributed by atoms with Gasteiger partial charge in [-0.2, -0.15) is 8.42 Å². The molecule has 6 nitrogen and oxygen atoms in total. The number of carboxylic acid groups (broad SMARTS) is 1. The summed E-state index contributed by atoms with van der Waals surface area (Å²) in [5.41, 5.74) is 1.50. The van der Waals surface area contributed by atoms with Crippen molar-refractivity contribution in [2.75, 3.05) is 6.54 Å². The number of aliphatic carboxylic acids is 1. The minimum atomic E-state index is -3.99. The maximum absolute atomic E-state index is 13.0. The predicted octanol–water partition coefficient (Wildman–Crippen LogP) is 2.14. The van der Waals surface area contributed by atoms with Gasteiger partial charge in [0.2, 0.25) is 0 Å². The second-order valence-corrected chi connectivity index (χ2v) is 6.98. The van der Waals surface area contributed by atoms with Crippen molar-refractivity contribution in [3.8, 4) is 0 Å². The van der Waals surface area contributed by atoms with Gasteiger partial charge in [0.15, 0.2) is 0 Å². The number of rotatable bonds is 6. The van der Waals surface area contributed by atoms with Crippen LogP contribution in [-0.2, 0) is 21.2 Å². The summed E-state index contributed by atoms with van der Waals surface area (Å²) in [4.78, 5) is 10.8. The van der Waals surface area contributed by atoms with Gasteiger partial charge >= 0.3 is 5.97 Å². The fraction of sp³-hybridized carbons (Fsp3) is 0.176. The van der Waals surface area contributed by atoms with Crippen molar-refractivity contribution < 1.29 is 22.7 Å². The largest absolute Gasteiger partial charge is 0.480 e. The molecular formula is C17H17FN2O4S. The molecule has 0 saturated carbocycles. The van der Waals surface area contributed by atoms with Gasteiger partial charge in [-0.25, -0.2) is 4.39 Å². The Morgan fingerprint density at radius 1 is 1.12 bits per heavy atom. The second kappa shape index (κ2) is 7.89. The third-order valence-electron chi connectivity index (χ3n) is 3.28. The molecule has 0 saturated heterocycles. The van der Waals surface area contributed by atoms with E-state index >= 15 is 0 Å². The summed E-state index contributed by atoms with van der Waals surface area (Å²) >= 11 is 0. The highest BCUT2D eigenvalue weighted by atomic mass is 32.2. The molecular weight excluding hydrogens is 347 g/mol. The molecule has 2 N–H and O–H groups in total. The van der Waals surface area contributed by atoms with E-state index < -0.39 is 28.4 Å². The van der Waals surface area contributed by atoms with Crippen molar-refractivity contribution in [1.82, 2.24) is 5.32 Å². The Labute approximate surface area is 145 Å². The van der Waals surface area contributed by atoms with E-state index in [4.69, 9.17) is 5.11 Å². The van der Waals surface area contributed by atoms with Gasteiger partial charge in [-0.3, -0.25) is 4.79 Å². The summed E-state index contributed by atoms with van der Waals surface area (Å²) < 4.78 is 41.5. The molecule has 0 aliphatic heterocycles. The number of hydrogen-bond donors (Lipinski definition) is 2. The van der Waals surface area contributed by atoms with Crippen molar-refractivity contribution in [1.29, 1.82) is 0 Å². The topological polar surface area (TPSA) is 95.8 Å². The summed E-state index contributed by atoms with van der Waals surface area (Å²) in [5, 5.41) is 11.3. The van der Waals surface area contributed by atoms with Crippen LogP contribution in [0.25, 0.3) is 0 Å². The van der Waals surface area contributed by atoms with E-state index in [1.807, 2.05) is 6.92 Å². The fourth-order valence-electron chi connectivity index (χ4n) is 2.01. The van der Waals surface area contributed by atoms with E-state index in [2.05, 4.69) is 9.71 Å². The van der Waals surface area contributed by atoms with Crippen LogP contribution >= 0.6 is 0 Å². The SMILES string of the molecule is Cc1ccc(S(=O)(=O)/N=C(/Cc2ccc(F)cc2)NCC(=O)O)cc1. The molecule has 0 heterocycles. The van der Waals surface area contributed by atoms with E-state index in [9.17, 15) is 17.6 Å². The smallest absolute Gasteiger partial charge is 0.322 e. The van der Waals surface area contributed by atoms with E-state index in [0.717, 1.165) is 5.56 Å². The number of hydrogen-bond acceptors (Lipinski definition) is 3. The van der Waals surface area contributed by atoms with Crippen LogP contribution < -0.4 is 5.32 Å². The van der Waals surface area contributed by atoms with E-state index in [1.54, 1.807) is 12.1 Å². The van der Waals surface area contributed by atoms with E-state index in [-0.39, 0.29) is 17.2 Å². The molecule has 2 aromatic rings. The highest BCUT2D eigenvalue weighted by Crippen LogP contribution is 2.14. The molecule has 0 amide bonds. The number of sulfonamides is 1. The first-order valence-electron chi connectivity index (χ1n) is 7.37. The minimum absolute atomic E-state index is 0.00633. The molecule has 2 rings (SSSR count). The van der Waals surface area contributed by atoms with Gasteiger partial charge in [0.25, 0.3) is 10.0 Å². The zero-order valence-corrected chi connectivity index (χ0v) is 14.3. The van der Waals surface area contributed by atoms with Gasteiger partial charge in [-0.05, 0) is 36.8 Å². The monoisotopic (exact) mass is 364 g/mol. The van der Waals surface area contributed by atoms with Gasteiger partial charge in [0.05, 0.1) is 4.90 Å². The summed E-state index contributed by atoms with van der Waals surface area (Å²) in [6.07, 6.45) is 0.0264. The molecule has 8 heteroatoms. The van der Waals surface area contributed by atoms with Crippen LogP contribution in [-0.4, -0.2) is 31.9 Å². The number of carboxylic acids is 1. The van der Waals surface area contributed by atoms with Gasteiger partial charge < -0.3 is 10.4 Å².